The Morgan fingerprint density at radius 3 is 2.33 bits per heavy atom. The van der Waals surface area contributed by atoms with Crippen molar-refractivity contribution in [2.75, 3.05) is 6.61 Å². The number of carbonyl (C=O) groups excluding carboxylic acids is 1. The first kappa shape index (κ1) is 14.1. The van der Waals surface area contributed by atoms with E-state index in [9.17, 15) is 13.6 Å². The summed E-state index contributed by atoms with van der Waals surface area (Å²) in [4.78, 5) is 10.7. The van der Waals surface area contributed by atoms with Gasteiger partial charge in [0.25, 0.3) is 6.43 Å². The van der Waals surface area contributed by atoms with Crippen LogP contribution in [0, 0.1) is 0 Å². The molecule has 0 fully saturated rings. The lowest BCUT2D eigenvalue weighted by Crippen LogP contribution is -2.52. The molecule has 0 aromatic rings. The predicted molar refractivity (Wildman–Crippen MR) is 42.5 cm³/mol. The van der Waals surface area contributed by atoms with Gasteiger partial charge in [0, 0.05) is 0 Å². The smallest absolute Gasteiger partial charge is 0.331 e. The van der Waals surface area contributed by atoms with Gasteiger partial charge in [-0.1, -0.05) is 0 Å². The van der Waals surface area contributed by atoms with Gasteiger partial charge in [-0.05, 0) is 13.8 Å². The van der Waals surface area contributed by atoms with Gasteiger partial charge in [-0.25, -0.2) is 13.6 Å². The molecule has 0 spiro atoms. The number of carbonyl (C=O) groups is 1. The van der Waals surface area contributed by atoms with Crippen molar-refractivity contribution >= 4 is 18.4 Å². The quantitative estimate of drug-likeness (QED) is 0.695. The fourth-order valence-corrected chi connectivity index (χ4v) is 0.376. The van der Waals surface area contributed by atoms with Gasteiger partial charge in [-0.3, -0.25) is 0 Å². The molecule has 0 aliphatic carbocycles. The lowest BCUT2D eigenvalue weighted by atomic mass is 10.1. The molecule has 0 aromatic heterocycles. The summed E-state index contributed by atoms with van der Waals surface area (Å²) < 4.78 is 28.2. The van der Waals surface area contributed by atoms with Gasteiger partial charge < -0.3 is 10.5 Å². The van der Waals surface area contributed by atoms with E-state index in [1.807, 2.05) is 0 Å². The normalized spacial score (nSPS) is 14.8. The Kier molecular flexibility index (Phi) is 6.20. The van der Waals surface area contributed by atoms with Gasteiger partial charge in [-0.2, -0.15) is 0 Å². The van der Waals surface area contributed by atoms with Crippen molar-refractivity contribution in [3.63, 3.8) is 0 Å². The fraction of sp³-hybridized carbons (Fsp3) is 0.833. The third kappa shape index (κ3) is 3.32. The average Bonchev–Trinajstić information content (AvgIpc) is 1.88. The van der Waals surface area contributed by atoms with Crippen LogP contribution >= 0.6 is 12.4 Å². The number of rotatable bonds is 3. The SMILES string of the molecule is CCOC(=O)C(C)(N)C(F)F.Cl. The molecular weight excluding hydrogens is 192 g/mol. The molecule has 12 heavy (non-hydrogen) atoms. The molecule has 3 nitrogen and oxygen atoms in total. The molecule has 0 saturated heterocycles. The summed E-state index contributed by atoms with van der Waals surface area (Å²) in [6.07, 6.45) is -2.90. The summed E-state index contributed by atoms with van der Waals surface area (Å²) in [7, 11) is 0. The molecule has 0 aliphatic heterocycles. The molecule has 0 saturated carbocycles. The van der Waals surface area contributed by atoms with Crippen LogP contribution in [0.25, 0.3) is 0 Å². The molecule has 2 N–H and O–H groups in total. The molecule has 0 aromatic carbocycles. The highest BCUT2D eigenvalue weighted by atomic mass is 35.5. The number of nitrogens with two attached hydrogens (primary N) is 1. The van der Waals surface area contributed by atoms with Crippen LogP contribution in [-0.2, 0) is 9.53 Å². The monoisotopic (exact) mass is 203 g/mol. The number of alkyl halides is 2. The van der Waals surface area contributed by atoms with Crippen molar-refractivity contribution in [1.29, 1.82) is 0 Å². The Labute approximate surface area is 75.7 Å². The molecule has 0 rings (SSSR count). The predicted octanol–water partition coefficient (Wildman–Crippen LogP) is 0.954. The van der Waals surface area contributed by atoms with Crippen molar-refractivity contribution in [2.24, 2.45) is 5.73 Å². The van der Waals surface area contributed by atoms with Gasteiger partial charge in [0.2, 0.25) is 0 Å². The largest absolute Gasteiger partial charge is 0.464 e. The van der Waals surface area contributed by atoms with E-state index in [1.54, 1.807) is 0 Å². The van der Waals surface area contributed by atoms with Gasteiger partial charge in [0.1, 0.15) is 0 Å². The lowest BCUT2D eigenvalue weighted by Gasteiger charge is -2.20. The maximum atomic E-state index is 12.0. The number of esters is 1. The minimum Gasteiger partial charge on any atom is -0.464 e. The van der Waals surface area contributed by atoms with Gasteiger partial charge in [-0.15, -0.1) is 12.4 Å². The maximum Gasteiger partial charge on any atom is 0.331 e. The second-order valence-electron chi connectivity index (χ2n) is 2.30. The summed E-state index contributed by atoms with van der Waals surface area (Å²) in [5.74, 6) is -1.07. The molecule has 6 heteroatoms. The van der Waals surface area contributed by atoms with E-state index in [2.05, 4.69) is 4.74 Å². The molecular formula is C6H12ClF2NO2. The van der Waals surface area contributed by atoms with Crippen LogP contribution in [0.3, 0.4) is 0 Å². The summed E-state index contributed by atoms with van der Waals surface area (Å²) in [5, 5.41) is 0. The molecule has 0 radical (unpaired) electrons. The Hall–Kier alpha value is -0.420. The molecule has 0 aliphatic rings. The van der Waals surface area contributed by atoms with E-state index < -0.39 is 17.9 Å². The minimum atomic E-state index is -2.90. The van der Waals surface area contributed by atoms with Crippen molar-refractivity contribution < 1.29 is 18.3 Å². The van der Waals surface area contributed by atoms with Crippen LogP contribution < -0.4 is 5.73 Å². The Bertz CT molecular complexity index is 152. The van der Waals surface area contributed by atoms with Crippen LogP contribution in [0.1, 0.15) is 13.8 Å². The summed E-state index contributed by atoms with van der Waals surface area (Å²) in [6, 6.07) is 0. The zero-order chi connectivity index (χ0) is 9.07. The Balaban J connectivity index is 0. The van der Waals surface area contributed by atoms with E-state index in [4.69, 9.17) is 5.73 Å². The van der Waals surface area contributed by atoms with Crippen LogP contribution in [0.5, 0.6) is 0 Å². The van der Waals surface area contributed by atoms with Crippen LogP contribution in [0.15, 0.2) is 0 Å². The zero-order valence-electron chi connectivity index (χ0n) is 6.84. The third-order valence-corrected chi connectivity index (χ3v) is 1.17. The average molecular weight is 204 g/mol. The molecule has 1 unspecified atom stereocenters. The van der Waals surface area contributed by atoms with Gasteiger partial charge >= 0.3 is 5.97 Å². The first-order valence-electron chi connectivity index (χ1n) is 3.17. The first-order valence-corrected chi connectivity index (χ1v) is 3.17. The first-order chi connectivity index (χ1) is 4.92. The van der Waals surface area contributed by atoms with Crippen molar-refractivity contribution in [1.82, 2.24) is 0 Å². The summed E-state index contributed by atoms with van der Waals surface area (Å²) in [5.41, 5.74) is 2.78. The maximum absolute atomic E-state index is 12.0. The second kappa shape index (κ2) is 5.27. The van der Waals surface area contributed by atoms with E-state index in [-0.39, 0.29) is 19.0 Å². The Morgan fingerprint density at radius 1 is 1.67 bits per heavy atom. The fourth-order valence-electron chi connectivity index (χ4n) is 0.376. The molecule has 0 amide bonds. The summed E-state index contributed by atoms with van der Waals surface area (Å²) in [6.45, 7) is 2.52. The van der Waals surface area contributed by atoms with E-state index >= 15 is 0 Å². The second-order valence-corrected chi connectivity index (χ2v) is 2.30. The number of ether oxygens (including phenoxy) is 1. The topological polar surface area (TPSA) is 52.3 Å². The van der Waals surface area contributed by atoms with Gasteiger partial charge in [0.05, 0.1) is 6.61 Å². The summed E-state index contributed by atoms with van der Waals surface area (Å²) >= 11 is 0. The van der Waals surface area contributed by atoms with E-state index in [1.165, 1.54) is 6.92 Å². The number of halogens is 3. The minimum absolute atomic E-state index is 0. The molecule has 0 heterocycles. The molecule has 74 valence electrons. The van der Waals surface area contributed by atoms with Crippen LogP contribution in [-0.4, -0.2) is 24.5 Å². The van der Waals surface area contributed by atoms with Crippen molar-refractivity contribution in [3.8, 4) is 0 Å². The highest BCUT2D eigenvalue weighted by Crippen LogP contribution is 2.13. The highest BCUT2D eigenvalue weighted by Gasteiger charge is 2.39. The van der Waals surface area contributed by atoms with Gasteiger partial charge in [0.15, 0.2) is 5.54 Å². The molecule has 0 bridgehead atoms. The van der Waals surface area contributed by atoms with Crippen LogP contribution in [0.2, 0.25) is 0 Å². The number of hydrogen-bond donors (Lipinski definition) is 1. The zero-order valence-corrected chi connectivity index (χ0v) is 7.66. The standard InChI is InChI=1S/C6H11F2NO2.ClH/c1-3-11-5(10)6(2,9)4(7)8;/h4H,3,9H2,1-2H3;1H. The van der Waals surface area contributed by atoms with Crippen molar-refractivity contribution in [3.05, 3.63) is 0 Å². The van der Waals surface area contributed by atoms with E-state index in [0.717, 1.165) is 6.92 Å². The Morgan fingerprint density at radius 2 is 2.08 bits per heavy atom. The van der Waals surface area contributed by atoms with Crippen LogP contribution in [0.4, 0.5) is 8.78 Å². The van der Waals surface area contributed by atoms with E-state index in [0.29, 0.717) is 0 Å². The lowest BCUT2D eigenvalue weighted by molar-refractivity contribution is -0.154. The number of hydrogen-bond acceptors (Lipinski definition) is 3. The van der Waals surface area contributed by atoms with Crippen molar-refractivity contribution in [2.45, 2.75) is 25.8 Å². The third-order valence-electron chi connectivity index (χ3n) is 1.17. The molecule has 1 atom stereocenters. The highest BCUT2D eigenvalue weighted by molar-refractivity contribution is 5.85.